The Morgan fingerprint density at radius 3 is 2.50 bits per heavy atom. The van der Waals surface area contributed by atoms with Crippen molar-refractivity contribution in [3.8, 4) is 17.7 Å². The van der Waals surface area contributed by atoms with Crippen LogP contribution in [0.3, 0.4) is 0 Å². The molecule has 0 atom stereocenters. The SMILES string of the molecule is N#Cc1ccnc(Oc2cc(F)cc(F)c2)c1N. The summed E-state index contributed by atoms with van der Waals surface area (Å²) in [6, 6.07) is 5.96. The van der Waals surface area contributed by atoms with Gasteiger partial charge in [0.2, 0.25) is 5.88 Å². The lowest BCUT2D eigenvalue weighted by atomic mass is 10.2. The second-order valence-electron chi connectivity index (χ2n) is 3.40. The smallest absolute Gasteiger partial charge is 0.244 e. The van der Waals surface area contributed by atoms with Gasteiger partial charge in [0, 0.05) is 24.4 Å². The van der Waals surface area contributed by atoms with Crippen LogP contribution in [0.4, 0.5) is 14.5 Å². The quantitative estimate of drug-likeness (QED) is 0.885. The number of rotatable bonds is 2. The lowest BCUT2D eigenvalue weighted by Crippen LogP contribution is -1.98. The van der Waals surface area contributed by atoms with E-state index in [2.05, 4.69) is 4.98 Å². The first-order chi connectivity index (χ1) is 8.60. The summed E-state index contributed by atoms with van der Waals surface area (Å²) in [5, 5.41) is 8.76. The van der Waals surface area contributed by atoms with Crippen LogP contribution in [-0.2, 0) is 0 Å². The molecule has 0 aliphatic carbocycles. The topological polar surface area (TPSA) is 71.9 Å². The molecule has 90 valence electrons. The Morgan fingerprint density at radius 2 is 1.89 bits per heavy atom. The molecule has 2 N–H and O–H groups in total. The summed E-state index contributed by atoms with van der Waals surface area (Å²) in [6.45, 7) is 0. The highest BCUT2D eigenvalue weighted by atomic mass is 19.1. The Labute approximate surface area is 101 Å². The molecule has 18 heavy (non-hydrogen) atoms. The summed E-state index contributed by atoms with van der Waals surface area (Å²) in [7, 11) is 0. The van der Waals surface area contributed by atoms with Crippen molar-refractivity contribution in [1.82, 2.24) is 4.98 Å². The number of nitrogens with two attached hydrogens (primary N) is 1. The summed E-state index contributed by atoms with van der Waals surface area (Å²) in [5.41, 5.74) is 5.82. The molecule has 0 spiro atoms. The second-order valence-corrected chi connectivity index (χ2v) is 3.40. The average molecular weight is 247 g/mol. The van der Waals surface area contributed by atoms with Gasteiger partial charge in [-0.2, -0.15) is 5.26 Å². The van der Waals surface area contributed by atoms with E-state index in [0.29, 0.717) is 0 Å². The van der Waals surface area contributed by atoms with Crippen molar-refractivity contribution in [2.75, 3.05) is 5.73 Å². The van der Waals surface area contributed by atoms with Gasteiger partial charge in [-0.1, -0.05) is 0 Å². The molecule has 2 rings (SSSR count). The molecular formula is C12H7F2N3O. The number of hydrogen-bond donors (Lipinski definition) is 1. The van der Waals surface area contributed by atoms with Gasteiger partial charge in [-0.3, -0.25) is 0 Å². The van der Waals surface area contributed by atoms with Gasteiger partial charge < -0.3 is 10.5 Å². The van der Waals surface area contributed by atoms with Gasteiger partial charge in [-0.25, -0.2) is 13.8 Å². The van der Waals surface area contributed by atoms with E-state index in [0.717, 1.165) is 18.2 Å². The van der Waals surface area contributed by atoms with Gasteiger partial charge in [0.15, 0.2) is 0 Å². The molecule has 0 aliphatic heterocycles. The van der Waals surface area contributed by atoms with Crippen LogP contribution < -0.4 is 10.5 Å². The number of ether oxygens (including phenoxy) is 1. The van der Waals surface area contributed by atoms with Gasteiger partial charge in [0.1, 0.15) is 29.1 Å². The molecule has 0 radical (unpaired) electrons. The number of hydrogen-bond acceptors (Lipinski definition) is 4. The third-order valence-electron chi connectivity index (χ3n) is 2.12. The lowest BCUT2D eigenvalue weighted by molar-refractivity contribution is 0.453. The first-order valence-corrected chi connectivity index (χ1v) is 4.88. The number of halogens is 2. The first kappa shape index (κ1) is 11.8. The molecule has 1 heterocycles. The van der Waals surface area contributed by atoms with Gasteiger partial charge in [-0.15, -0.1) is 0 Å². The monoisotopic (exact) mass is 247 g/mol. The van der Waals surface area contributed by atoms with E-state index in [-0.39, 0.29) is 22.9 Å². The molecule has 0 amide bonds. The van der Waals surface area contributed by atoms with Crippen LogP contribution in [0.5, 0.6) is 11.6 Å². The van der Waals surface area contributed by atoms with E-state index in [1.165, 1.54) is 12.3 Å². The van der Waals surface area contributed by atoms with E-state index >= 15 is 0 Å². The number of nitrogens with zero attached hydrogens (tertiary/aromatic N) is 2. The van der Waals surface area contributed by atoms with Gasteiger partial charge in [-0.05, 0) is 6.07 Å². The number of benzene rings is 1. The van der Waals surface area contributed by atoms with Crippen molar-refractivity contribution in [3.05, 3.63) is 47.7 Å². The first-order valence-electron chi connectivity index (χ1n) is 4.88. The second kappa shape index (κ2) is 4.67. The lowest BCUT2D eigenvalue weighted by Gasteiger charge is -2.08. The highest BCUT2D eigenvalue weighted by molar-refractivity contribution is 5.60. The highest BCUT2D eigenvalue weighted by Gasteiger charge is 2.09. The average Bonchev–Trinajstić information content (AvgIpc) is 2.30. The minimum atomic E-state index is -0.778. The van der Waals surface area contributed by atoms with Gasteiger partial charge in [0.05, 0.1) is 5.56 Å². The fourth-order valence-electron chi connectivity index (χ4n) is 1.33. The van der Waals surface area contributed by atoms with Crippen LogP contribution in [0, 0.1) is 23.0 Å². The van der Waals surface area contributed by atoms with Gasteiger partial charge in [0.25, 0.3) is 0 Å². The van der Waals surface area contributed by atoms with E-state index in [9.17, 15) is 8.78 Å². The fraction of sp³-hybridized carbons (Fsp3) is 0. The fourth-order valence-corrected chi connectivity index (χ4v) is 1.33. The zero-order chi connectivity index (χ0) is 13.1. The maximum Gasteiger partial charge on any atom is 0.244 e. The summed E-state index contributed by atoms with van der Waals surface area (Å²) in [4.78, 5) is 3.80. The molecule has 0 aliphatic rings. The number of nitriles is 1. The van der Waals surface area contributed by atoms with Crippen LogP contribution in [0.2, 0.25) is 0 Å². The Morgan fingerprint density at radius 1 is 1.22 bits per heavy atom. The number of aromatic nitrogens is 1. The van der Waals surface area contributed by atoms with Crippen molar-refractivity contribution in [1.29, 1.82) is 5.26 Å². The molecule has 1 aromatic carbocycles. The molecule has 2 aromatic rings. The molecular weight excluding hydrogens is 240 g/mol. The van der Waals surface area contributed by atoms with Crippen molar-refractivity contribution < 1.29 is 13.5 Å². The number of anilines is 1. The van der Waals surface area contributed by atoms with Crippen LogP contribution in [0.1, 0.15) is 5.56 Å². The number of nitrogen functional groups attached to an aromatic ring is 1. The summed E-state index contributed by atoms with van der Waals surface area (Å²) < 4.78 is 31.1. The molecule has 0 fully saturated rings. The zero-order valence-electron chi connectivity index (χ0n) is 9.02. The summed E-state index contributed by atoms with van der Waals surface area (Å²) in [6.07, 6.45) is 1.32. The largest absolute Gasteiger partial charge is 0.437 e. The van der Waals surface area contributed by atoms with E-state index < -0.39 is 11.6 Å². The standard InChI is InChI=1S/C12H7F2N3O/c13-8-3-9(14)5-10(4-8)18-12-11(16)7(6-15)1-2-17-12/h1-5H,16H2. The van der Waals surface area contributed by atoms with E-state index in [1.807, 2.05) is 6.07 Å². The molecule has 6 heteroatoms. The molecule has 0 saturated heterocycles. The van der Waals surface area contributed by atoms with E-state index in [1.54, 1.807) is 0 Å². The van der Waals surface area contributed by atoms with Crippen LogP contribution in [0.15, 0.2) is 30.5 Å². The Bertz CT molecular complexity index is 617. The van der Waals surface area contributed by atoms with Crippen molar-refractivity contribution in [2.24, 2.45) is 0 Å². The van der Waals surface area contributed by atoms with Gasteiger partial charge >= 0.3 is 0 Å². The zero-order valence-corrected chi connectivity index (χ0v) is 9.02. The maximum atomic E-state index is 13.0. The molecule has 0 saturated carbocycles. The Balaban J connectivity index is 2.37. The van der Waals surface area contributed by atoms with Crippen LogP contribution in [0.25, 0.3) is 0 Å². The predicted molar refractivity (Wildman–Crippen MR) is 59.8 cm³/mol. The van der Waals surface area contributed by atoms with Crippen molar-refractivity contribution >= 4 is 5.69 Å². The third-order valence-corrected chi connectivity index (χ3v) is 2.12. The Hall–Kier alpha value is -2.68. The number of pyridine rings is 1. The minimum absolute atomic E-state index is 0.0182. The van der Waals surface area contributed by atoms with Crippen LogP contribution >= 0.6 is 0 Å². The molecule has 4 nitrogen and oxygen atoms in total. The Kier molecular flexibility index (Phi) is 3.06. The summed E-state index contributed by atoms with van der Waals surface area (Å²) in [5.74, 6) is -1.71. The van der Waals surface area contributed by atoms with Crippen LogP contribution in [-0.4, -0.2) is 4.98 Å². The predicted octanol–water partition coefficient (Wildman–Crippen LogP) is 2.61. The van der Waals surface area contributed by atoms with Crippen molar-refractivity contribution in [3.63, 3.8) is 0 Å². The molecule has 1 aromatic heterocycles. The maximum absolute atomic E-state index is 13.0. The normalized spacial score (nSPS) is 9.83. The third kappa shape index (κ3) is 2.35. The summed E-state index contributed by atoms with van der Waals surface area (Å²) >= 11 is 0. The highest BCUT2D eigenvalue weighted by Crippen LogP contribution is 2.27. The minimum Gasteiger partial charge on any atom is -0.437 e. The molecule has 0 bridgehead atoms. The molecule has 0 unspecified atom stereocenters. The van der Waals surface area contributed by atoms with Crippen molar-refractivity contribution in [2.45, 2.75) is 0 Å². The van der Waals surface area contributed by atoms with E-state index in [4.69, 9.17) is 15.7 Å².